The molecule has 2 rings (SSSR count). The van der Waals surface area contributed by atoms with Crippen LogP contribution in [0.1, 0.15) is 38.3 Å². The molecular formula is C21H26ClNO4. The van der Waals surface area contributed by atoms with Crippen LogP contribution in [0, 0.1) is 0 Å². The van der Waals surface area contributed by atoms with Crippen molar-refractivity contribution in [3.63, 3.8) is 0 Å². The number of carbonyl (C=O) groups is 1. The smallest absolute Gasteiger partial charge is 0.261 e. The van der Waals surface area contributed by atoms with E-state index in [0.717, 1.165) is 12.0 Å². The highest BCUT2D eigenvalue weighted by atomic mass is 35.5. The monoisotopic (exact) mass is 391 g/mol. The third-order valence-electron chi connectivity index (χ3n) is 4.30. The first-order valence-corrected chi connectivity index (χ1v) is 9.35. The van der Waals surface area contributed by atoms with Gasteiger partial charge in [0, 0.05) is 0 Å². The van der Waals surface area contributed by atoms with E-state index in [0.29, 0.717) is 28.7 Å². The fourth-order valence-electron chi connectivity index (χ4n) is 2.77. The number of rotatable bonds is 9. The van der Waals surface area contributed by atoms with E-state index in [9.17, 15) is 4.79 Å². The Morgan fingerprint density at radius 3 is 2.30 bits per heavy atom. The summed E-state index contributed by atoms with van der Waals surface area (Å²) in [7, 11) is 3.18. The van der Waals surface area contributed by atoms with Gasteiger partial charge in [-0.25, -0.2) is 0 Å². The molecule has 0 spiro atoms. The van der Waals surface area contributed by atoms with E-state index in [1.54, 1.807) is 26.4 Å². The van der Waals surface area contributed by atoms with Gasteiger partial charge in [0.2, 0.25) is 0 Å². The molecule has 0 saturated heterocycles. The van der Waals surface area contributed by atoms with Crippen molar-refractivity contribution < 1.29 is 19.0 Å². The van der Waals surface area contributed by atoms with E-state index in [2.05, 4.69) is 5.32 Å². The van der Waals surface area contributed by atoms with Crippen LogP contribution in [-0.4, -0.2) is 26.2 Å². The second-order valence-electron chi connectivity index (χ2n) is 6.03. The number of amides is 1. The van der Waals surface area contributed by atoms with Gasteiger partial charge in [-0.15, -0.1) is 0 Å². The molecule has 0 aliphatic carbocycles. The van der Waals surface area contributed by atoms with Crippen molar-refractivity contribution in [3.05, 3.63) is 53.1 Å². The number of halogens is 1. The van der Waals surface area contributed by atoms with Gasteiger partial charge in [0.1, 0.15) is 5.75 Å². The first kappa shape index (κ1) is 20.9. The van der Waals surface area contributed by atoms with Crippen LogP contribution in [-0.2, 0) is 4.79 Å². The summed E-state index contributed by atoms with van der Waals surface area (Å²) in [5, 5.41) is 3.54. The lowest BCUT2D eigenvalue weighted by Crippen LogP contribution is -2.40. The first-order chi connectivity index (χ1) is 13.0. The minimum absolute atomic E-state index is 0.166. The zero-order valence-electron chi connectivity index (χ0n) is 16.1. The van der Waals surface area contributed by atoms with Crippen LogP contribution in [0.4, 0.5) is 0 Å². The van der Waals surface area contributed by atoms with Crippen molar-refractivity contribution in [1.29, 1.82) is 0 Å². The van der Waals surface area contributed by atoms with Crippen LogP contribution < -0.4 is 19.5 Å². The van der Waals surface area contributed by atoms with Gasteiger partial charge in [-0.2, -0.15) is 0 Å². The van der Waals surface area contributed by atoms with E-state index < -0.39 is 6.10 Å². The maximum absolute atomic E-state index is 12.8. The molecule has 2 aromatic carbocycles. The molecule has 6 heteroatoms. The molecule has 0 aliphatic rings. The minimum Gasteiger partial charge on any atom is -0.493 e. The number of methoxy groups -OCH3 is 2. The van der Waals surface area contributed by atoms with Gasteiger partial charge < -0.3 is 19.5 Å². The van der Waals surface area contributed by atoms with Crippen LogP contribution in [0.15, 0.2) is 42.5 Å². The van der Waals surface area contributed by atoms with Gasteiger partial charge >= 0.3 is 0 Å². The van der Waals surface area contributed by atoms with E-state index in [1.165, 1.54) is 0 Å². The summed E-state index contributed by atoms with van der Waals surface area (Å²) in [4.78, 5) is 12.8. The molecule has 146 valence electrons. The van der Waals surface area contributed by atoms with Crippen LogP contribution >= 0.6 is 11.6 Å². The maximum Gasteiger partial charge on any atom is 0.261 e. The molecule has 0 aliphatic heterocycles. The molecule has 0 aromatic heterocycles. The molecule has 0 heterocycles. The number of carbonyl (C=O) groups excluding carboxylic acids is 1. The molecule has 5 nitrogen and oxygen atoms in total. The van der Waals surface area contributed by atoms with Crippen molar-refractivity contribution in [3.8, 4) is 17.2 Å². The normalized spacial score (nSPS) is 12.8. The zero-order chi connectivity index (χ0) is 19.8. The summed E-state index contributed by atoms with van der Waals surface area (Å²) >= 11 is 6.14. The van der Waals surface area contributed by atoms with Crippen LogP contribution in [0.2, 0.25) is 5.02 Å². The Kier molecular flexibility index (Phi) is 7.80. The van der Waals surface area contributed by atoms with Crippen LogP contribution in [0.25, 0.3) is 0 Å². The van der Waals surface area contributed by atoms with Crippen molar-refractivity contribution >= 4 is 17.5 Å². The summed E-state index contributed by atoms with van der Waals surface area (Å²) in [5.41, 5.74) is 0.941. The number of para-hydroxylation sites is 1. The first-order valence-electron chi connectivity index (χ1n) is 8.97. The lowest BCUT2D eigenvalue weighted by atomic mass is 10.0. The molecule has 0 bridgehead atoms. The highest BCUT2D eigenvalue weighted by molar-refractivity contribution is 6.32. The number of hydrogen-bond acceptors (Lipinski definition) is 4. The number of ether oxygens (including phenoxy) is 3. The second-order valence-corrected chi connectivity index (χ2v) is 6.44. The van der Waals surface area contributed by atoms with Gasteiger partial charge in [0.05, 0.1) is 25.3 Å². The fraction of sp³-hybridized carbons (Fsp3) is 0.381. The summed E-state index contributed by atoms with van der Waals surface area (Å²) in [6.45, 7) is 3.91. The number of hydrogen-bond donors (Lipinski definition) is 1. The van der Waals surface area contributed by atoms with Gasteiger partial charge in [0.15, 0.2) is 17.6 Å². The molecule has 0 radical (unpaired) electrons. The summed E-state index contributed by atoms with van der Waals surface area (Å²) in [5.74, 6) is 1.59. The maximum atomic E-state index is 12.8. The Morgan fingerprint density at radius 2 is 1.70 bits per heavy atom. The molecule has 2 aromatic rings. The highest BCUT2D eigenvalue weighted by Crippen LogP contribution is 2.31. The molecule has 0 saturated carbocycles. The molecule has 0 unspecified atom stereocenters. The highest BCUT2D eigenvalue weighted by Gasteiger charge is 2.23. The third kappa shape index (κ3) is 5.30. The van der Waals surface area contributed by atoms with Gasteiger partial charge in [-0.1, -0.05) is 43.6 Å². The average Bonchev–Trinajstić information content (AvgIpc) is 2.70. The predicted molar refractivity (Wildman–Crippen MR) is 107 cm³/mol. The van der Waals surface area contributed by atoms with E-state index in [-0.39, 0.29) is 11.9 Å². The quantitative estimate of drug-likeness (QED) is 0.668. The van der Waals surface area contributed by atoms with Crippen LogP contribution in [0.5, 0.6) is 17.2 Å². The Morgan fingerprint density at radius 1 is 1.00 bits per heavy atom. The zero-order valence-corrected chi connectivity index (χ0v) is 16.9. The molecule has 2 atom stereocenters. The van der Waals surface area contributed by atoms with Crippen molar-refractivity contribution in [2.75, 3.05) is 14.2 Å². The fourth-order valence-corrected chi connectivity index (χ4v) is 2.95. The van der Waals surface area contributed by atoms with E-state index in [1.807, 2.05) is 44.2 Å². The summed E-state index contributed by atoms with van der Waals surface area (Å²) < 4.78 is 16.5. The number of nitrogens with one attached hydrogen (secondary N) is 1. The molecule has 27 heavy (non-hydrogen) atoms. The minimum atomic E-state index is -0.626. The Balaban J connectivity index is 2.14. The summed E-state index contributed by atoms with van der Waals surface area (Å²) in [6.07, 6.45) is 0.627. The van der Waals surface area contributed by atoms with Crippen LogP contribution in [0.3, 0.4) is 0 Å². The number of benzene rings is 2. The average molecular weight is 392 g/mol. The van der Waals surface area contributed by atoms with Gasteiger partial charge in [-0.3, -0.25) is 4.79 Å². The second kappa shape index (κ2) is 10.1. The van der Waals surface area contributed by atoms with Crippen molar-refractivity contribution in [2.24, 2.45) is 0 Å². The Hall–Kier alpha value is -2.40. The van der Waals surface area contributed by atoms with Gasteiger partial charge in [0.25, 0.3) is 5.91 Å². The standard InChI is InChI=1S/C21H26ClNO4/c1-5-16(14-11-12-19(25-3)20(13-14)26-4)23-21(24)17(6-2)27-18-10-8-7-9-15(18)22/h7-13,16-17H,5-6H2,1-4H3,(H,23,24)/t16-,17+/m0/s1. The summed E-state index contributed by atoms with van der Waals surface area (Å²) in [6, 6.07) is 12.6. The Bertz CT molecular complexity index is 766. The Labute approximate surface area is 165 Å². The molecule has 1 N–H and O–H groups in total. The predicted octanol–water partition coefficient (Wildman–Crippen LogP) is 4.78. The molecular weight excluding hydrogens is 366 g/mol. The van der Waals surface area contributed by atoms with E-state index in [4.69, 9.17) is 25.8 Å². The SMILES string of the molecule is CC[C@H](NC(=O)[C@@H](CC)Oc1ccccc1Cl)c1ccc(OC)c(OC)c1. The molecule has 0 fully saturated rings. The third-order valence-corrected chi connectivity index (χ3v) is 4.62. The van der Waals surface area contributed by atoms with Gasteiger partial charge in [-0.05, 0) is 42.7 Å². The van der Waals surface area contributed by atoms with E-state index >= 15 is 0 Å². The van der Waals surface area contributed by atoms with Crippen molar-refractivity contribution in [2.45, 2.75) is 38.8 Å². The topological polar surface area (TPSA) is 56.8 Å². The largest absolute Gasteiger partial charge is 0.493 e. The lowest BCUT2D eigenvalue weighted by Gasteiger charge is -2.23. The van der Waals surface area contributed by atoms with Crippen molar-refractivity contribution in [1.82, 2.24) is 5.32 Å². The lowest BCUT2D eigenvalue weighted by molar-refractivity contribution is -0.128. The molecule has 1 amide bonds.